The fourth-order valence-electron chi connectivity index (χ4n) is 6.67. The van der Waals surface area contributed by atoms with E-state index >= 15 is 0 Å². The van der Waals surface area contributed by atoms with E-state index in [0.717, 1.165) is 52.0 Å². The molecule has 0 aliphatic heterocycles. The topological polar surface area (TPSA) is 78.1 Å². The van der Waals surface area contributed by atoms with E-state index in [0.29, 0.717) is 22.3 Å². The van der Waals surface area contributed by atoms with Crippen LogP contribution in [0.2, 0.25) is 0 Å². The van der Waals surface area contributed by atoms with Crippen LogP contribution in [0.25, 0.3) is 54.4 Å². The van der Waals surface area contributed by atoms with E-state index in [-0.39, 0.29) is 34.3 Å². The zero-order valence-electron chi connectivity index (χ0n) is 23.4. The number of rotatable bonds is 2. The fraction of sp³-hybridized carbons (Fsp3) is 0.0556. The first-order valence-corrected chi connectivity index (χ1v) is 15.7. The van der Waals surface area contributed by atoms with Crippen LogP contribution in [0.15, 0.2) is 83.9 Å². The van der Waals surface area contributed by atoms with Gasteiger partial charge in [0, 0.05) is 56.9 Å². The van der Waals surface area contributed by atoms with Crippen LogP contribution in [0.1, 0.15) is 51.2 Å². The van der Waals surface area contributed by atoms with Gasteiger partial charge in [-0.3, -0.25) is 19.2 Å². The summed E-state index contributed by atoms with van der Waals surface area (Å²) in [7, 11) is 4.06. The monoisotopic (exact) mass is 608 g/mol. The lowest BCUT2D eigenvalue weighted by atomic mass is 10.1. The van der Waals surface area contributed by atoms with Crippen molar-refractivity contribution in [2.75, 3.05) is 0 Å². The smallest absolute Gasteiger partial charge is 0.197 e. The Labute approximate surface area is 257 Å². The van der Waals surface area contributed by atoms with E-state index in [4.69, 9.17) is 0 Å². The molecule has 0 saturated carbocycles. The lowest BCUT2D eigenvalue weighted by molar-refractivity contribution is 0.0975. The molecule has 2 aliphatic carbocycles. The molecule has 6 nitrogen and oxygen atoms in total. The molecule has 3 aromatic carbocycles. The van der Waals surface area contributed by atoms with E-state index in [9.17, 15) is 19.2 Å². The molecule has 0 amide bonds. The Kier molecular flexibility index (Phi) is 5.00. The third-order valence-electron chi connectivity index (χ3n) is 8.90. The van der Waals surface area contributed by atoms with E-state index in [1.165, 1.54) is 0 Å². The summed E-state index contributed by atoms with van der Waals surface area (Å²) in [4.78, 5) is 53.6. The van der Waals surface area contributed by atoms with Gasteiger partial charge in [0.2, 0.25) is 0 Å². The van der Waals surface area contributed by atoms with Crippen molar-refractivity contribution in [1.29, 1.82) is 0 Å². The zero-order chi connectivity index (χ0) is 30.0. The van der Waals surface area contributed by atoms with Crippen LogP contribution >= 0.6 is 22.7 Å². The van der Waals surface area contributed by atoms with Gasteiger partial charge in [0.1, 0.15) is 0 Å². The number of nitrogens with zero attached hydrogens (tertiary/aromatic N) is 2. The molecular formula is C36H20N2O4S2. The second kappa shape index (κ2) is 8.69. The second-order valence-corrected chi connectivity index (χ2v) is 13.4. The number of allylic oxidation sites excluding steroid dienone is 2. The van der Waals surface area contributed by atoms with Crippen molar-refractivity contribution in [3.8, 4) is 0 Å². The van der Waals surface area contributed by atoms with Crippen LogP contribution in [-0.4, -0.2) is 32.3 Å². The maximum Gasteiger partial charge on any atom is 0.197 e. The van der Waals surface area contributed by atoms with Gasteiger partial charge < -0.3 is 9.13 Å². The maximum atomic E-state index is 13.0. The van der Waals surface area contributed by atoms with Crippen molar-refractivity contribution in [3.05, 3.63) is 116 Å². The van der Waals surface area contributed by atoms with Gasteiger partial charge in [-0.15, -0.1) is 22.7 Å². The summed E-state index contributed by atoms with van der Waals surface area (Å²) in [5, 5.41) is 2.21. The largest absolute Gasteiger partial charge is 0.343 e. The quantitative estimate of drug-likeness (QED) is 0.147. The first kappa shape index (κ1) is 25.3. The number of thiophene rings is 2. The highest BCUT2D eigenvalue weighted by Gasteiger charge is 2.34. The highest BCUT2D eigenvalue weighted by molar-refractivity contribution is 7.21. The van der Waals surface area contributed by atoms with Crippen LogP contribution < -0.4 is 0 Å². The van der Waals surface area contributed by atoms with E-state index < -0.39 is 0 Å². The molecule has 210 valence electrons. The number of hydrogen-bond acceptors (Lipinski definition) is 6. The predicted octanol–water partition coefficient (Wildman–Crippen LogP) is 8.02. The minimum Gasteiger partial charge on any atom is -0.343 e. The zero-order valence-corrected chi connectivity index (χ0v) is 25.1. The van der Waals surface area contributed by atoms with E-state index in [1.807, 2.05) is 26.2 Å². The molecule has 0 unspecified atom stereocenters. The van der Waals surface area contributed by atoms with Crippen molar-refractivity contribution in [1.82, 2.24) is 9.13 Å². The van der Waals surface area contributed by atoms with Crippen molar-refractivity contribution in [3.63, 3.8) is 0 Å². The van der Waals surface area contributed by atoms with Crippen molar-refractivity contribution >= 4 is 100 Å². The third-order valence-corrected chi connectivity index (χ3v) is 11.1. The number of benzene rings is 3. The molecule has 4 heterocycles. The summed E-state index contributed by atoms with van der Waals surface area (Å²) in [5.74, 6) is -0.890. The maximum absolute atomic E-state index is 13.0. The van der Waals surface area contributed by atoms with Crippen LogP contribution in [0.5, 0.6) is 0 Å². The number of ketones is 4. The normalized spacial score (nSPS) is 14.7. The van der Waals surface area contributed by atoms with Crippen LogP contribution in [-0.2, 0) is 14.1 Å². The van der Waals surface area contributed by atoms with Crippen molar-refractivity contribution < 1.29 is 19.2 Å². The van der Waals surface area contributed by atoms with Crippen molar-refractivity contribution in [2.45, 2.75) is 0 Å². The highest BCUT2D eigenvalue weighted by Crippen LogP contribution is 2.43. The number of fused-ring (bicyclic) bond motifs is 8. The molecule has 0 saturated heterocycles. The van der Waals surface area contributed by atoms with E-state index in [2.05, 4.69) is 21.3 Å². The van der Waals surface area contributed by atoms with Gasteiger partial charge in [-0.05, 0) is 36.4 Å². The molecular weight excluding hydrogens is 589 g/mol. The van der Waals surface area contributed by atoms with Gasteiger partial charge in [-0.2, -0.15) is 0 Å². The second-order valence-electron chi connectivity index (χ2n) is 11.3. The number of carbonyl (C=O) groups excluding carboxylic acids is 4. The van der Waals surface area contributed by atoms with Crippen LogP contribution in [0.4, 0.5) is 0 Å². The molecule has 2 aliphatic rings. The number of aromatic nitrogens is 2. The van der Waals surface area contributed by atoms with Crippen molar-refractivity contribution in [2.24, 2.45) is 14.1 Å². The minimum absolute atomic E-state index is 0.211. The molecule has 0 bridgehead atoms. The van der Waals surface area contributed by atoms with Crippen LogP contribution in [0.3, 0.4) is 0 Å². The van der Waals surface area contributed by atoms with Gasteiger partial charge in [0.05, 0.1) is 42.6 Å². The third kappa shape index (κ3) is 3.24. The van der Waals surface area contributed by atoms with Gasteiger partial charge in [-0.25, -0.2) is 0 Å². The summed E-state index contributed by atoms with van der Waals surface area (Å²) >= 11 is 3.15. The Morgan fingerprint density at radius 1 is 0.500 bits per heavy atom. The molecule has 44 heavy (non-hydrogen) atoms. The molecule has 0 spiro atoms. The Balaban J connectivity index is 1.15. The molecule has 4 aromatic heterocycles. The van der Waals surface area contributed by atoms with Gasteiger partial charge in [0.15, 0.2) is 23.1 Å². The Morgan fingerprint density at radius 3 is 1.18 bits per heavy atom. The Morgan fingerprint density at radius 2 is 0.841 bits per heavy atom. The SMILES string of the molecule is Cn1c2cc3c4sc(C=C5C(=O)c6ccccc6C5=O)cc4n(C)c3cc2c2sc(C=C3C(=O)c4ccccc4C3=O)cc21. The predicted molar refractivity (Wildman–Crippen MR) is 176 cm³/mol. The molecule has 0 radical (unpaired) electrons. The molecule has 8 heteroatoms. The van der Waals surface area contributed by atoms with Crippen LogP contribution in [0, 0.1) is 0 Å². The highest BCUT2D eigenvalue weighted by atomic mass is 32.1. The standard InChI is InChI=1S/C36H20N2O4S2/c1-37-27-15-24-28(38(2)30-14-18(44-36(24)30)12-26-33(41)21-9-5-6-10-22(21)34(26)42)16-23(27)35-29(37)13-17(43-35)11-25-31(39)19-7-3-4-8-20(19)32(25)40/h3-16H,1-2H3. The lowest BCUT2D eigenvalue weighted by Crippen LogP contribution is -1.99. The molecule has 9 rings (SSSR count). The number of hydrogen-bond donors (Lipinski definition) is 0. The summed E-state index contributed by atoms with van der Waals surface area (Å²) in [6.07, 6.45) is 3.46. The van der Waals surface area contributed by atoms with Gasteiger partial charge >= 0.3 is 0 Å². The average molecular weight is 609 g/mol. The first-order chi connectivity index (χ1) is 21.3. The Bertz CT molecular complexity index is 2340. The number of carbonyl (C=O) groups is 4. The minimum atomic E-state index is -0.222. The summed E-state index contributed by atoms with van der Waals surface area (Å²) < 4.78 is 6.50. The fourth-order valence-corrected chi connectivity index (χ4v) is 8.99. The average Bonchev–Trinajstić information content (AvgIpc) is 3.85. The lowest BCUT2D eigenvalue weighted by Gasteiger charge is -2.01. The number of aryl methyl sites for hydroxylation is 2. The summed E-state index contributed by atoms with van der Waals surface area (Å²) in [6, 6.07) is 22.4. The molecule has 0 atom stereocenters. The molecule has 0 N–H and O–H groups in total. The van der Waals surface area contributed by atoms with Gasteiger partial charge in [-0.1, -0.05) is 48.5 Å². The summed E-state index contributed by atoms with van der Waals surface area (Å²) in [5.41, 5.74) is 6.51. The molecule has 0 fully saturated rings. The first-order valence-electron chi connectivity index (χ1n) is 14.0. The van der Waals surface area contributed by atoms with Gasteiger partial charge in [0.25, 0.3) is 0 Å². The van der Waals surface area contributed by atoms with E-state index in [1.54, 1.807) is 83.4 Å². The Hall–Kier alpha value is -5.18. The number of Topliss-reactive ketones (excluding diaryl/α,β-unsaturated/α-hetero) is 4. The summed E-state index contributed by atoms with van der Waals surface area (Å²) in [6.45, 7) is 0. The molecule has 7 aromatic rings.